The second kappa shape index (κ2) is 4.73. The maximum absolute atomic E-state index is 6.29. The first-order valence-corrected chi connectivity index (χ1v) is 7.09. The average Bonchev–Trinajstić information content (AvgIpc) is 2.72. The summed E-state index contributed by atoms with van der Waals surface area (Å²) in [6.07, 6.45) is 0. The molecular weight excluding hydrogens is 277 g/mol. The van der Waals surface area contributed by atoms with Gasteiger partial charge in [-0.25, -0.2) is 0 Å². The Morgan fingerprint density at radius 1 is 0.895 bits per heavy atom. The molecule has 2 aromatic carbocycles. The van der Waals surface area contributed by atoms with Crippen LogP contribution in [0, 0.1) is 13.8 Å². The van der Waals surface area contributed by atoms with Crippen molar-refractivity contribution in [1.29, 1.82) is 0 Å². The van der Waals surface area contributed by atoms with Crippen molar-refractivity contribution in [3.63, 3.8) is 0 Å². The average molecular weight is 292 g/mol. The molecule has 0 N–H and O–H groups in total. The minimum absolute atomic E-state index is 0.678. The molecule has 1 nitrogen and oxygen atoms in total. The summed E-state index contributed by atoms with van der Waals surface area (Å²) in [5.74, 6) is 0. The van der Waals surface area contributed by atoms with Crippen LogP contribution in [0.1, 0.15) is 22.3 Å². The summed E-state index contributed by atoms with van der Waals surface area (Å²) in [4.78, 5) is 2.29. The molecule has 19 heavy (non-hydrogen) atoms. The Morgan fingerprint density at radius 3 is 2.00 bits per heavy atom. The fourth-order valence-corrected chi connectivity index (χ4v) is 3.13. The van der Waals surface area contributed by atoms with Crippen molar-refractivity contribution in [3.05, 3.63) is 62.6 Å². The Balaban J connectivity index is 1.95. The Kier molecular flexibility index (Phi) is 3.20. The minimum Gasteiger partial charge on any atom is -0.362 e. The zero-order chi connectivity index (χ0) is 13.6. The van der Waals surface area contributed by atoms with E-state index in [1.807, 2.05) is 12.1 Å². The number of benzene rings is 2. The fourth-order valence-electron chi connectivity index (χ4n) is 2.61. The molecule has 0 atom stereocenters. The van der Waals surface area contributed by atoms with E-state index >= 15 is 0 Å². The van der Waals surface area contributed by atoms with Crippen LogP contribution in [0.3, 0.4) is 0 Å². The molecule has 2 aromatic rings. The van der Waals surface area contributed by atoms with Gasteiger partial charge < -0.3 is 4.90 Å². The number of nitrogens with zero attached hydrogens (tertiary/aromatic N) is 1. The smallest absolute Gasteiger partial charge is 0.0654 e. The van der Waals surface area contributed by atoms with Crippen molar-refractivity contribution < 1.29 is 0 Å². The molecule has 1 aliphatic heterocycles. The van der Waals surface area contributed by atoms with Crippen molar-refractivity contribution >= 4 is 28.9 Å². The van der Waals surface area contributed by atoms with Crippen LogP contribution in [-0.4, -0.2) is 0 Å². The van der Waals surface area contributed by atoms with Crippen molar-refractivity contribution in [2.45, 2.75) is 26.9 Å². The first kappa shape index (κ1) is 12.8. The summed E-state index contributed by atoms with van der Waals surface area (Å²) >= 11 is 12.2. The van der Waals surface area contributed by atoms with E-state index < -0.39 is 0 Å². The highest BCUT2D eigenvalue weighted by molar-refractivity contribution is 6.36. The van der Waals surface area contributed by atoms with E-state index in [1.165, 1.54) is 22.3 Å². The third kappa shape index (κ3) is 2.33. The predicted molar refractivity (Wildman–Crippen MR) is 82.3 cm³/mol. The number of hydrogen-bond acceptors (Lipinski definition) is 1. The molecule has 1 heterocycles. The molecule has 3 rings (SSSR count). The van der Waals surface area contributed by atoms with Crippen molar-refractivity contribution in [1.82, 2.24) is 0 Å². The molecule has 3 heteroatoms. The zero-order valence-corrected chi connectivity index (χ0v) is 12.5. The lowest BCUT2D eigenvalue weighted by Crippen LogP contribution is -2.14. The molecule has 0 radical (unpaired) electrons. The van der Waals surface area contributed by atoms with Gasteiger partial charge in [-0.15, -0.1) is 0 Å². The van der Waals surface area contributed by atoms with Gasteiger partial charge in [-0.3, -0.25) is 0 Å². The van der Waals surface area contributed by atoms with Gasteiger partial charge in [0, 0.05) is 18.1 Å². The minimum atomic E-state index is 0.678. The van der Waals surface area contributed by atoms with Gasteiger partial charge in [-0.05, 0) is 54.3 Å². The van der Waals surface area contributed by atoms with Crippen LogP contribution in [0.25, 0.3) is 0 Å². The molecule has 98 valence electrons. The van der Waals surface area contributed by atoms with E-state index in [1.54, 1.807) is 6.07 Å². The lowest BCUT2D eigenvalue weighted by atomic mass is 10.0. The normalized spacial score (nSPS) is 13.8. The summed E-state index contributed by atoms with van der Waals surface area (Å²) in [7, 11) is 0. The van der Waals surface area contributed by atoms with Crippen LogP contribution in [-0.2, 0) is 13.1 Å². The molecule has 1 aliphatic rings. The van der Waals surface area contributed by atoms with Crippen LogP contribution >= 0.6 is 23.2 Å². The van der Waals surface area contributed by atoms with Crippen LogP contribution in [0.5, 0.6) is 0 Å². The van der Waals surface area contributed by atoms with Crippen LogP contribution in [0.15, 0.2) is 30.3 Å². The molecule has 0 fully saturated rings. The monoisotopic (exact) mass is 291 g/mol. The molecule has 0 saturated carbocycles. The summed E-state index contributed by atoms with van der Waals surface area (Å²) in [6.45, 7) is 6.15. The zero-order valence-electron chi connectivity index (χ0n) is 11.0. The molecule has 0 aromatic heterocycles. The number of aryl methyl sites for hydroxylation is 2. The molecule has 0 saturated heterocycles. The molecular formula is C16H15Cl2N. The summed E-state index contributed by atoms with van der Waals surface area (Å²) in [5.41, 5.74) is 6.55. The van der Waals surface area contributed by atoms with E-state index in [4.69, 9.17) is 23.2 Å². The van der Waals surface area contributed by atoms with Crippen LogP contribution < -0.4 is 4.90 Å². The lowest BCUT2D eigenvalue weighted by molar-refractivity contribution is 0.880. The van der Waals surface area contributed by atoms with Crippen molar-refractivity contribution in [3.8, 4) is 0 Å². The van der Waals surface area contributed by atoms with Gasteiger partial charge in [0.15, 0.2) is 0 Å². The first-order chi connectivity index (χ1) is 9.04. The predicted octanol–water partition coefficient (Wildman–Crippen LogP) is 5.13. The SMILES string of the molecule is Cc1cc2c(cc1C)CN(c1ccc(Cl)cc1Cl)C2. The quantitative estimate of drug-likeness (QED) is 0.704. The lowest BCUT2D eigenvalue weighted by Gasteiger charge is -2.19. The van der Waals surface area contributed by atoms with Gasteiger partial charge in [-0.1, -0.05) is 35.3 Å². The van der Waals surface area contributed by atoms with E-state index in [9.17, 15) is 0 Å². The van der Waals surface area contributed by atoms with Gasteiger partial charge in [0.1, 0.15) is 0 Å². The van der Waals surface area contributed by atoms with Gasteiger partial charge in [-0.2, -0.15) is 0 Å². The highest BCUT2D eigenvalue weighted by atomic mass is 35.5. The number of rotatable bonds is 1. The van der Waals surface area contributed by atoms with E-state index in [0.29, 0.717) is 10.0 Å². The highest BCUT2D eigenvalue weighted by Crippen LogP contribution is 2.35. The number of halogens is 2. The third-order valence-electron chi connectivity index (χ3n) is 3.79. The second-order valence-corrected chi connectivity index (χ2v) is 6.00. The molecule has 0 unspecified atom stereocenters. The third-order valence-corrected chi connectivity index (χ3v) is 4.33. The highest BCUT2D eigenvalue weighted by Gasteiger charge is 2.21. The van der Waals surface area contributed by atoms with E-state index in [-0.39, 0.29) is 0 Å². The summed E-state index contributed by atoms with van der Waals surface area (Å²) in [5, 5.41) is 1.39. The topological polar surface area (TPSA) is 3.24 Å². The fraction of sp³-hybridized carbons (Fsp3) is 0.250. The van der Waals surface area contributed by atoms with Crippen molar-refractivity contribution in [2.75, 3.05) is 4.90 Å². The van der Waals surface area contributed by atoms with Gasteiger partial charge >= 0.3 is 0 Å². The van der Waals surface area contributed by atoms with E-state index in [0.717, 1.165) is 18.8 Å². The molecule has 0 amide bonds. The summed E-state index contributed by atoms with van der Waals surface area (Å²) < 4.78 is 0. The Morgan fingerprint density at radius 2 is 1.47 bits per heavy atom. The maximum Gasteiger partial charge on any atom is 0.0654 e. The Labute approximate surface area is 123 Å². The first-order valence-electron chi connectivity index (χ1n) is 6.33. The summed E-state index contributed by atoms with van der Waals surface area (Å²) in [6, 6.07) is 10.3. The number of fused-ring (bicyclic) bond motifs is 1. The molecule has 0 aliphatic carbocycles. The molecule has 0 bridgehead atoms. The van der Waals surface area contributed by atoms with Crippen LogP contribution in [0.4, 0.5) is 5.69 Å². The maximum atomic E-state index is 6.29. The van der Waals surface area contributed by atoms with Gasteiger partial charge in [0.2, 0.25) is 0 Å². The van der Waals surface area contributed by atoms with Crippen molar-refractivity contribution in [2.24, 2.45) is 0 Å². The second-order valence-electron chi connectivity index (χ2n) is 5.16. The number of hydrogen-bond donors (Lipinski definition) is 0. The largest absolute Gasteiger partial charge is 0.362 e. The van der Waals surface area contributed by atoms with E-state index in [2.05, 4.69) is 30.9 Å². The van der Waals surface area contributed by atoms with Gasteiger partial charge in [0.05, 0.1) is 10.7 Å². The van der Waals surface area contributed by atoms with Crippen LogP contribution in [0.2, 0.25) is 10.0 Å². The number of anilines is 1. The Hall–Kier alpha value is -1.18. The molecule has 0 spiro atoms. The Bertz CT molecular complexity index is 618. The standard InChI is InChI=1S/C16H15Cl2N/c1-10-5-12-8-19(9-13(12)6-11(10)2)16-4-3-14(17)7-15(16)18/h3-7H,8-9H2,1-2H3. The van der Waals surface area contributed by atoms with Gasteiger partial charge in [0.25, 0.3) is 0 Å².